The van der Waals surface area contributed by atoms with Gasteiger partial charge in [0.1, 0.15) is 0 Å². The van der Waals surface area contributed by atoms with Crippen LogP contribution in [0.3, 0.4) is 0 Å². The molecule has 0 heterocycles. The molecule has 1 unspecified atom stereocenters. The molecule has 0 aromatic heterocycles. The normalized spacial score (nSPS) is 13.9. The van der Waals surface area contributed by atoms with Crippen LogP contribution in [0.25, 0.3) is 0 Å². The molecule has 0 radical (unpaired) electrons. The number of likely N-dealkylation sites (N-methyl/N-ethyl adjacent to an activating group) is 1. The van der Waals surface area contributed by atoms with Crippen molar-refractivity contribution in [3.8, 4) is 0 Å². The third-order valence-corrected chi connectivity index (χ3v) is 2.58. The van der Waals surface area contributed by atoms with Gasteiger partial charge in [0.15, 0.2) is 0 Å². The van der Waals surface area contributed by atoms with Crippen LogP contribution in [-0.2, 0) is 4.79 Å². The maximum atomic E-state index is 11.6. The lowest BCUT2D eigenvalue weighted by Crippen LogP contribution is -2.47. The number of hydrogen-bond donors (Lipinski definition) is 2. The van der Waals surface area contributed by atoms with E-state index < -0.39 is 0 Å². The van der Waals surface area contributed by atoms with Gasteiger partial charge in [0.05, 0.1) is 6.54 Å². The number of rotatable bonds is 6. The van der Waals surface area contributed by atoms with Gasteiger partial charge in [-0.25, -0.2) is 0 Å². The summed E-state index contributed by atoms with van der Waals surface area (Å²) < 4.78 is 0. The Bertz CT molecular complexity index is 209. The Morgan fingerprint density at radius 1 is 1.31 bits per heavy atom. The first-order valence-electron chi connectivity index (χ1n) is 5.86. The lowest BCUT2D eigenvalue weighted by atomic mass is 9.84. The number of nitrogens with zero attached hydrogens (tertiary/aromatic N) is 1. The van der Waals surface area contributed by atoms with Crippen molar-refractivity contribution >= 4 is 5.91 Å². The summed E-state index contributed by atoms with van der Waals surface area (Å²) in [5.74, 6) is 0.0705. The summed E-state index contributed by atoms with van der Waals surface area (Å²) in [5.41, 5.74) is 0.0966. The van der Waals surface area contributed by atoms with Gasteiger partial charge >= 0.3 is 0 Å². The predicted molar refractivity (Wildman–Crippen MR) is 68.5 cm³/mol. The van der Waals surface area contributed by atoms with E-state index in [1.54, 1.807) is 7.05 Å². The summed E-state index contributed by atoms with van der Waals surface area (Å²) in [5, 5.41) is 5.95. The van der Waals surface area contributed by atoms with Gasteiger partial charge < -0.3 is 15.5 Å². The molecule has 0 aromatic carbocycles. The molecule has 0 spiro atoms. The van der Waals surface area contributed by atoms with E-state index in [9.17, 15) is 4.79 Å². The number of nitrogens with one attached hydrogen (secondary N) is 2. The molecule has 2 N–H and O–H groups in total. The van der Waals surface area contributed by atoms with Crippen molar-refractivity contribution < 1.29 is 4.79 Å². The molecule has 0 bridgehead atoms. The Balaban J connectivity index is 4.27. The minimum absolute atomic E-state index is 0.0705. The molecule has 96 valence electrons. The summed E-state index contributed by atoms with van der Waals surface area (Å²) in [4.78, 5) is 13.7. The SMILES string of the molecule is CNCC(=O)NC(CCN(C)C)C(C)(C)C. The van der Waals surface area contributed by atoms with E-state index in [1.807, 2.05) is 0 Å². The maximum Gasteiger partial charge on any atom is 0.234 e. The standard InChI is InChI=1S/C12H27N3O/c1-12(2,3)10(7-8-15(5)6)14-11(16)9-13-4/h10,13H,7-9H2,1-6H3,(H,14,16). The van der Waals surface area contributed by atoms with Gasteiger partial charge in [0.25, 0.3) is 0 Å². The fourth-order valence-electron chi connectivity index (χ4n) is 1.51. The van der Waals surface area contributed by atoms with E-state index in [1.165, 1.54) is 0 Å². The fraction of sp³-hybridized carbons (Fsp3) is 0.917. The molecule has 0 rings (SSSR count). The Kier molecular flexibility index (Phi) is 6.60. The summed E-state index contributed by atoms with van der Waals surface area (Å²) in [6.07, 6.45) is 0.978. The Morgan fingerprint density at radius 3 is 2.25 bits per heavy atom. The van der Waals surface area contributed by atoms with Crippen LogP contribution in [0.4, 0.5) is 0 Å². The van der Waals surface area contributed by atoms with E-state index in [4.69, 9.17) is 0 Å². The van der Waals surface area contributed by atoms with Gasteiger partial charge in [0, 0.05) is 6.04 Å². The van der Waals surface area contributed by atoms with E-state index in [0.717, 1.165) is 13.0 Å². The monoisotopic (exact) mass is 229 g/mol. The van der Waals surface area contributed by atoms with Gasteiger partial charge in [0.2, 0.25) is 5.91 Å². The quantitative estimate of drug-likeness (QED) is 0.704. The molecule has 16 heavy (non-hydrogen) atoms. The minimum atomic E-state index is 0.0705. The summed E-state index contributed by atoms with van der Waals surface area (Å²) in [6, 6.07) is 0.218. The van der Waals surface area contributed by atoms with Crippen molar-refractivity contribution in [2.24, 2.45) is 5.41 Å². The average molecular weight is 229 g/mol. The average Bonchev–Trinajstić information content (AvgIpc) is 2.10. The molecule has 0 aliphatic heterocycles. The van der Waals surface area contributed by atoms with E-state index in [2.05, 4.69) is 50.4 Å². The lowest BCUT2D eigenvalue weighted by Gasteiger charge is -2.32. The van der Waals surface area contributed by atoms with Crippen molar-refractivity contribution in [2.75, 3.05) is 34.2 Å². The molecule has 1 atom stereocenters. The highest BCUT2D eigenvalue weighted by atomic mass is 16.1. The Labute approximate surface area is 99.8 Å². The van der Waals surface area contributed by atoms with Crippen LogP contribution in [-0.4, -0.2) is 51.1 Å². The van der Waals surface area contributed by atoms with Crippen LogP contribution in [0.1, 0.15) is 27.2 Å². The highest BCUT2D eigenvalue weighted by molar-refractivity contribution is 5.78. The Hall–Kier alpha value is -0.610. The Morgan fingerprint density at radius 2 is 1.88 bits per heavy atom. The van der Waals surface area contributed by atoms with Crippen LogP contribution < -0.4 is 10.6 Å². The van der Waals surface area contributed by atoms with Gasteiger partial charge in [-0.2, -0.15) is 0 Å². The van der Waals surface area contributed by atoms with Gasteiger partial charge in [-0.05, 0) is 39.5 Å². The van der Waals surface area contributed by atoms with Crippen LogP contribution >= 0.6 is 0 Å². The summed E-state index contributed by atoms with van der Waals surface area (Å²) in [7, 11) is 5.88. The molecule has 0 aliphatic rings. The van der Waals surface area contributed by atoms with Crippen LogP contribution in [0.5, 0.6) is 0 Å². The van der Waals surface area contributed by atoms with Crippen molar-refractivity contribution in [1.29, 1.82) is 0 Å². The molecule has 0 aliphatic carbocycles. The minimum Gasteiger partial charge on any atom is -0.352 e. The predicted octanol–water partition coefficient (Wildman–Crippen LogP) is 0.688. The zero-order chi connectivity index (χ0) is 12.8. The van der Waals surface area contributed by atoms with Crippen molar-refractivity contribution in [1.82, 2.24) is 15.5 Å². The second-order valence-corrected chi connectivity index (χ2v) is 5.61. The van der Waals surface area contributed by atoms with Gasteiger partial charge in [-0.1, -0.05) is 20.8 Å². The van der Waals surface area contributed by atoms with E-state index in [0.29, 0.717) is 6.54 Å². The zero-order valence-corrected chi connectivity index (χ0v) is 11.6. The largest absolute Gasteiger partial charge is 0.352 e. The summed E-state index contributed by atoms with van der Waals surface area (Å²) >= 11 is 0. The molecule has 4 nitrogen and oxygen atoms in total. The van der Waals surface area contributed by atoms with Crippen LogP contribution in [0.15, 0.2) is 0 Å². The van der Waals surface area contributed by atoms with Gasteiger partial charge in [-0.3, -0.25) is 4.79 Å². The van der Waals surface area contributed by atoms with Crippen LogP contribution in [0, 0.1) is 5.41 Å². The molecule has 4 heteroatoms. The smallest absolute Gasteiger partial charge is 0.234 e. The van der Waals surface area contributed by atoms with E-state index >= 15 is 0 Å². The highest BCUT2D eigenvalue weighted by Gasteiger charge is 2.25. The number of hydrogen-bond acceptors (Lipinski definition) is 3. The second kappa shape index (κ2) is 6.86. The third kappa shape index (κ3) is 6.80. The van der Waals surface area contributed by atoms with Crippen LogP contribution in [0.2, 0.25) is 0 Å². The zero-order valence-electron chi connectivity index (χ0n) is 11.6. The molecule has 0 saturated carbocycles. The number of amides is 1. The van der Waals surface area contributed by atoms with E-state index in [-0.39, 0.29) is 17.4 Å². The topological polar surface area (TPSA) is 44.4 Å². The fourth-order valence-corrected chi connectivity index (χ4v) is 1.51. The van der Waals surface area contributed by atoms with Crippen molar-refractivity contribution in [2.45, 2.75) is 33.2 Å². The first-order valence-corrected chi connectivity index (χ1v) is 5.86. The van der Waals surface area contributed by atoms with Crippen molar-refractivity contribution in [3.63, 3.8) is 0 Å². The van der Waals surface area contributed by atoms with Gasteiger partial charge in [-0.15, -0.1) is 0 Å². The molecular formula is C12H27N3O. The number of carbonyl (C=O) groups is 1. The molecule has 0 aromatic rings. The highest BCUT2D eigenvalue weighted by Crippen LogP contribution is 2.21. The molecular weight excluding hydrogens is 202 g/mol. The van der Waals surface area contributed by atoms with Crippen molar-refractivity contribution in [3.05, 3.63) is 0 Å². The first kappa shape index (κ1) is 15.4. The summed E-state index contributed by atoms with van der Waals surface area (Å²) in [6.45, 7) is 7.85. The lowest BCUT2D eigenvalue weighted by molar-refractivity contribution is -0.121. The maximum absolute atomic E-state index is 11.6. The first-order chi connectivity index (χ1) is 7.27. The molecule has 0 fully saturated rings. The molecule has 1 amide bonds. The third-order valence-electron chi connectivity index (χ3n) is 2.58. The number of carbonyl (C=O) groups excluding carboxylic acids is 1. The molecule has 0 saturated heterocycles. The second-order valence-electron chi connectivity index (χ2n) is 5.61.